The zero-order chi connectivity index (χ0) is 16.5. The molecular weight excluding hydrogens is 290 g/mol. The number of rotatable bonds is 8. The predicted molar refractivity (Wildman–Crippen MR) is 79.6 cm³/mol. The van der Waals surface area contributed by atoms with Crippen molar-refractivity contribution in [2.75, 3.05) is 34.5 Å². The van der Waals surface area contributed by atoms with Crippen LogP contribution in [-0.2, 0) is 9.53 Å². The van der Waals surface area contributed by atoms with E-state index in [1.807, 2.05) is 0 Å². The Morgan fingerprint density at radius 1 is 1.14 bits per heavy atom. The summed E-state index contributed by atoms with van der Waals surface area (Å²) in [4.78, 5) is 23.5. The number of methoxy groups -OCH3 is 3. The minimum atomic E-state index is -0.702. The number of benzene rings is 1. The van der Waals surface area contributed by atoms with Crippen LogP contribution < -0.4 is 19.5 Å². The maximum Gasteiger partial charge on any atom is 0.342 e. The second-order valence-electron chi connectivity index (χ2n) is 4.05. The van der Waals surface area contributed by atoms with Crippen molar-refractivity contribution in [3.63, 3.8) is 0 Å². The molecule has 1 rings (SSSR count). The fourth-order valence-electron chi connectivity index (χ4n) is 1.71. The summed E-state index contributed by atoms with van der Waals surface area (Å²) in [7, 11) is 4.29. The molecule has 1 amide bonds. The summed E-state index contributed by atoms with van der Waals surface area (Å²) < 4.78 is 20.4. The van der Waals surface area contributed by atoms with Gasteiger partial charge < -0.3 is 24.3 Å². The lowest BCUT2D eigenvalue weighted by atomic mass is 10.1. The molecule has 0 aliphatic carbocycles. The van der Waals surface area contributed by atoms with Gasteiger partial charge in [-0.15, -0.1) is 6.58 Å². The van der Waals surface area contributed by atoms with Crippen LogP contribution in [0, 0.1) is 0 Å². The van der Waals surface area contributed by atoms with Gasteiger partial charge in [0.05, 0.1) is 21.3 Å². The van der Waals surface area contributed by atoms with Crippen LogP contribution in [0.3, 0.4) is 0 Å². The van der Waals surface area contributed by atoms with Crippen molar-refractivity contribution in [1.82, 2.24) is 5.32 Å². The lowest BCUT2D eigenvalue weighted by Crippen LogP contribution is -2.28. The molecule has 0 unspecified atom stereocenters. The topological polar surface area (TPSA) is 83.1 Å². The third-order valence-electron chi connectivity index (χ3n) is 2.70. The second kappa shape index (κ2) is 8.56. The molecule has 120 valence electrons. The molecule has 0 saturated carbocycles. The summed E-state index contributed by atoms with van der Waals surface area (Å²) in [6, 6.07) is 3.03. The van der Waals surface area contributed by atoms with E-state index in [1.165, 1.54) is 33.5 Å². The molecule has 1 aromatic rings. The molecule has 7 nitrogen and oxygen atoms in total. The molecule has 1 aromatic carbocycles. The van der Waals surface area contributed by atoms with Crippen LogP contribution in [0.15, 0.2) is 24.8 Å². The van der Waals surface area contributed by atoms with Crippen molar-refractivity contribution in [2.45, 2.75) is 0 Å². The third-order valence-corrected chi connectivity index (χ3v) is 2.70. The highest BCUT2D eigenvalue weighted by Gasteiger charge is 2.22. The number of esters is 1. The van der Waals surface area contributed by atoms with Gasteiger partial charge in [0, 0.05) is 6.54 Å². The van der Waals surface area contributed by atoms with Gasteiger partial charge in [0.25, 0.3) is 5.91 Å². The zero-order valence-corrected chi connectivity index (χ0v) is 12.8. The zero-order valence-electron chi connectivity index (χ0n) is 12.8. The molecule has 0 aliphatic heterocycles. The van der Waals surface area contributed by atoms with Crippen molar-refractivity contribution in [3.8, 4) is 17.2 Å². The quantitative estimate of drug-likeness (QED) is 0.573. The molecule has 22 heavy (non-hydrogen) atoms. The Labute approximate surface area is 128 Å². The van der Waals surface area contributed by atoms with Gasteiger partial charge in [-0.3, -0.25) is 4.79 Å². The SMILES string of the molecule is C=CCNC(=O)COC(=O)c1ccc(OC)c(OC)c1OC. The number of nitrogens with one attached hydrogen (secondary N) is 1. The van der Waals surface area contributed by atoms with Gasteiger partial charge in [0.1, 0.15) is 5.56 Å². The van der Waals surface area contributed by atoms with E-state index in [0.717, 1.165) is 0 Å². The fourth-order valence-corrected chi connectivity index (χ4v) is 1.71. The highest BCUT2D eigenvalue weighted by Crippen LogP contribution is 2.39. The molecule has 0 heterocycles. The number of ether oxygens (including phenoxy) is 4. The number of amides is 1. The van der Waals surface area contributed by atoms with E-state index in [2.05, 4.69) is 11.9 Å². The molecule has 0 fully saturated rings. The first-order chi connectivity index (χ1) is 10.6. The van der Waals surface area contributed by atoms with E-state index in [0.29, 0.717) is 12.3 Å². The van der Waals surface area contributed by atoms with E-state index < -0.39 is 18.5 Å². The maximum atomic E-state index is 12.1. The Hall–Kier alpha value is -2.70. The van der Waals surface area contributed by atoms with Crippen molar-refractivity contribution in [1.29, 1.82) is 0 Å². The second-order valence-corrected chi connectivity index (χ2v) is 4.05. The van der Waals surface area contributed by atoms with Gasteiger partial charge in [-0.25, -0.2) is 4.79 Å². The highest BCUT2D eigenvalue weighted by molar-refractivity contribution is 5.95. The molecule has 0 spiro atoms. The van der Waals surface area contributed by atoms with E-state index >= 15 is 0 Å². The van der Waals surface area contributed by atoms with Crippen LogP contribution in [-0.4, -0.2) is 46.4 Å². The average molecular weight is 309 g/mol. The van der Waals surface area contributed by atoms with E-state index in [4.69, 9.17) is 18.9 Å². The maximum absolute atomic E-state index is 12.1. The molecular formula is C15H19NO6. The Morgan fingerprint density at radius 2 is 1.82 bits per heavy atom. The van der Waals surface area contributed by atoms with Gasteiger partial charge in [0.2, 0.25) is 5.75 Å². The van der Waals surface area contributed by atoms with Crippen molar-refractivity contribution in [2.24, 2.45) is 0 Å². The number of carbonyl (C=O) groups is 2. The standard InChI is InChI=1S/C15H19NO6/c1-5-8-16-12(17)9-22-15(18)10-6-7-11(19-2)14(21-4)13(10)20-3/h5-7H,1,8-9H2,2-4H3,(H,16,17). The van der Waals surface area contributed by atoms with E-state index in [9.17, 15) is 9.59 Å². The van der Waals surface area contributed by atoms with Crippen LogP contribution in [0.25, 0.3) is 0 Å². The first kappa shape index (κ1) is 17.4. The van der Waals surface area contributed by atoms with Gasteiger partial charge in [0.15, 0.2) is 18.1 Å². The lowest BCUT2D eigenvalue weighted by Gasteiger charge is -2.15. The van der Waals surface area contributed by atoms with Crippen molar-refractivity contribution < 1.29 is 28.5 Å². The Morgan fingerprint density at radius 3 is 2.36 bits per heavy atom. The molecule has 0 aliphatic rings. The van der Waals surface area contributed by atoms with Crippen LogP contribution in [0.5, 0.6) is 17.2 Å². The third kappa shape index (κ3) is 4.15. The molecule has 0 atom stereocenters. The minimum absolute atomic E-state index is 0.136. The van der Waals surface area contributed by atoms with Crippen LogP contribution in [0.2, 0.25) is 0 Å². The van der Waals surface area contributed by atoms with Gasteiger partial charge in [-0.1, -0.05) is 6.08 Å². The molecule has 0 aromatic heterocycles. The molecule has 0 radical (unpaired) electrons. The summed E-state index contributed by atoms with van der Waals surface area (Å²) >= 11 is 0. The monoisotopic (exact) mass is 309 g/mol. The molecule has 7 heteroatoms. The van der Waals surface area contributed by atoms with Crippen molar-refractivity contribution >= 4 is 11.9 Å². The Balaban J connectivity index is 2.89. The Kier molecular flexibility index (Phi) is 6.75. The molecule has 0 saturated heterocycles. The van der Waals surface area contributed by atoms with Gasteiger partial charge >= 0.3 is 5.97 Å². The van der Waals surface area contributed by atoms with Crippen LogP contribution >= 0.6 is 0 Å². The predicted octanol–water partition coefficient (Wildman–Crippen LogP) is 1.17. The van der Waals surface area contributed by atoms with Crippen LogP contribution in [0.1, 0.15) is 10.4 Å². The van der Waals surface area contributed by atoms with E-state index in [-0.39, 0.29) is 17.1 Å². The number of hydrogen-bond donors (Lipinski definition) is 1. The largest absolute Gasteiger partial charge is 0.493 e. The number of hydrogen-bond acceptors (Lipinski definition) is 6. The van der Waals surface area contributed by atoms with E-state index in [1.54, 1.807) is 6.07 Å². The summed E-state index contributed by atoms with van der Waals surface area (Å²) in [6.45, 7) is 3.37. The number of carbonyl (C=O) groups excluding carboxylic acids is 2. The minimum Gasteiger partial charge on any atom is -0.493 e. The highest BCUT2D eigenvalue weighted by atomic mass is 16.5. The first-order valence-electron chi connectivity index (χ1n) is 6.42. The molecule has 0 bridgehead atoms. The van der Waals surface area contributed by atoms with Crippen molar-refractivity contribution in [3.05, 3.63) is 30.4 Å². The smallest absolute Gasteiger partial charge is 0.342 e. The summed E-state index contributed by atoms with van der Waals surface area (Å²) in [6.07, 6.45) is 1.52. The lowest BCUT2D eigenvalue weighted by molar-refractivity contribution is -0.124. The summed E-state index contributed by atoms with van der Waals surface area (Å²) in [5.41, 5.74) is 0.136. The molecule has 1 N–H and O–H groups in total. The first-order valence-corrected chi connectivity index (χ1v) is 6.42. The summed E-state index contributed by atoms with van der Waals surface area (Å²) in [5, 5.41) is 2.50. The van der Waals surface area contributed by atoms with Crippen LogP contribution in [0.4, 0.5) is 0 Å². The van der Waals surface area contributed by atoms with Gasteiger partial charge in [-0.05, 0) is 12.1 Å². The Bertz CT molecular complexity index is 555. The normalized spacial score (nSPS) is 9.59. The fraction of sp³-hybridized carbons (Fsp3) is 0.333. The van der Waals surface area contributed by atoms with Gasteiger partial charge in [-0.2, -0.15) is 0 Å². The average Bonchev–Trinajstić information content (AvgIpc) is 2.55. The summed E-state index contributed by atoms with van der Waals surface area (Å²) in [5.74, 6) is -0.257.